The number of aryl methyl sites for hydroxylation is 1. The van der Waals surface area contributed by atoms with Gasteiger partial charge in [0.1, 0.15) is 11.4 Å². The zero-order valence-electron chi connectivity index (χ0n) is 14.1. The van der Waals surface area contributed by atoms with Crippen LogP contribution in [0.25, 0.3) is 0 Å². The Morgan fingerprint density at radius 2 is 2.09 bits per heavy atom. The summed E-state index contributed by atoms with van der Waals surface area (Å²) >= 11 is 0. The lowest BCUT2D eigenvalue weighted by atomic mass is 9.86. The number of hydrogen-bond donors (Lipinski definition) is 1. The van der Waals surface area contributed by atoms with E-state index in [0.717, 1.165) is 37.2 Å². The van der Waals surface area contributed by atoms with Crippen molar-refractivity contribution in [2.75, 3.05) is 13.7 Å². The van der Waals surface area contributed by atoms with Crippen LogP contribution in [-0.4, -0.2) is 39.3 Å². The summed E-state index contributed by atoms with van der Waals surface area (Å²) < 4.78 is 7.25. The first-order valence-electron chi connectivity index (χ1n) is 8.08. The number of aromatic nitrogens is 2. The van der Waals surface area contributed by atoms with Crippen molar-refractivity contribution in [1.29, 1.82) is 0 Å². The zero-order valence-corrected chi connectivity index (χ0v) is 14.1. The van der Waals surface area contributed by atoms with Gasteiger partial charge < -0.3 is 14.4 Å². The SMILES string of the molecule is COc1ccc([C@@](C)(O)[C@H]2CCCN2Cc2cncn2C)cc1. The lowest BCUT2D eigenvalue weighted by Gasteiger charge is -2.37. The number of methoxy groups -OCH3 is 1. The third-order valence-electron chi connectivity index (χ3n) is 4.97. The molecule has 0 unspecified atom stereocenters. The molecule has 124 valence electrons. The molecule has 23 heavy (non-hydrogen) atoms. The lowest BCUT2D eigenvalue weighted by molar-refractivity contribution is -0.0259. The highest BCUT2D eigenvalue weighted by Gasteiger charge is 2.40. The number of nitrogens with zero attached hydrogens (tertiary/aromatic N) is 3. The summed E-state index contributed by atoms with van der Waals surface area (Å²) in [5.41, 5.74) is 1.21. The van der Waals surface area contributed by atoms with Gasteiger partial charge in [0.05, 0.1) is 19.1 Å². The molecular formula is C18H25N3O2. The molecule has 0 amide bonds. The minimum absolute atomic E-state index is 0.103. The lowest BCUT2D eigenvalue weighted by Crippen LogP contribution is -2.45. The molecule has 1 N–H and O–H groups in total. The first-order chi connectivity index (χ1) is 11.0. The van der Waals surface area contributed by atoms with E-state index in [1.165, 1.54) is 5.69 Å². The molecule has 1 fully saturated rings. The Kier molecular flexibility index (Phi) is 4.41. The first kappa shape index (κ1) is 16.0. The summed E-state index contributed by atoms with van der Waals surface area (Å²) in [6.45, 7) is 3.73. The maximum absolute atomic E-state index is 11.2. The van der Waals surface area contributed by atoms with Gasteiger partial charge in [-0.05, 0) is 44.0 Å². The molecule has 1 aromatic heterocycles. The second kappa shape index (κ2) is 6.34. The monoisotopic (exact) mass is 315 g/mol. The van der Waals surface area contributed by atoms with Gasteiger partial charge in [0.15, 0.2) is 0 Å². The van der Waals surface area contributed by atoms with Crippen molar-refractivity contribution in [1.82, 2.24) is 14.5 Å². The minimum atomic E-state index is -0.888. The molecule has 2 atom stereocenters. The van der Waals surface area contributed by atoms with Crippen LogP contribution in [0.3, 0.4) is 0 Å². The Morgan fingerprint density at radius 3 is 2.70 bits per heavy atom. The van der Waals surface area contributed by atoms with Crippen molar-refractivity contribution in [3.8, 4) is 5.75 Å². The maximum Gasteiger partial charge on any atom is 0.118 e. The van der Waals surface area contributed by atoms with Crippen molar-refractivity contribution in [2.24, 2.45) is 7.05 Å². The third kappa shape index (κ3) is 3.12. The van der Waals surface area contributed by atoms with Crippen molar-refractivity contribution in [2.45, 2.75) is 38.0 Å². The fourth-order valence-corrected chi connectivity index (χ4v) is 3.52. The van der Waals surface area contributed by atoms with Crippen LogP contribution in [0.2, 0.25) is 0 Å². The van der Waals surface area contributed by atoms with Crippen molar-refractivity contribution < 1.29 is 9.84 Å². The van der Waals surface area contributed by atoms with Crippen molar-refractivity contribution in [3.63, 3.8) is 0 Å². The predicted octanol–water partition coefficient (Wildman–Crippen LogP) is 2.30. The largest absolute Gasteiger partial charge is 0.497 e. The van der Waals surface area contributed by atoms with Gasteiger partial charge in [-0.25, -0.2) is 4.98 Å². The van der Waals surface area contributed by atoms with E-state index >= 15 is 0 Å². The summed E-state index contributed by atoms with van der Waals surface area (Å²) in [5.74, 6) is 0.808. The van der Waals surface area contributed by atoms with Gasteiger partial charge >= 0.3 is 0 Å². The van der Waals surface area contributed by atoms with E-state index in [9.17, 15) is 5.11 Å². The molecular weight excluding hydrogens is 290 g/mol. The number of aliphatic hydroxyl groups is 1. The smallest absolute Gasteiger partial charge is 0.118 e. The van der Waals surface area contributed by atoms with Crippen molar-refractivity contribution >= 4 is 0 Å². The van der Waals surface area contributed by atoms with E-state index in [1.54, 1.807) is 7.11 Å². The second-order valence-electron chi connectivity index (χ2n) is 6.50. The van der Waals surface area contributed by atoms with Crippen LogP contribution in [0.5, 0.6) is 5.75 Å². The van der Waals surface area contributed by atoms with E-state index in [2.05, 4.69) is 9.88 Å². The molecule has 2 heterocycles. The van der Waals surface area contributed by atoms with E-state index in [1.807, 2.05) is 55.3 Å². The Balaban J connectivity index is 1.80. The van der Waals surface area contributed by atoms with Crippen molar-refractivity contribution in [3.05, 3.63) is 48.0 Å². The molecule has 0 aliphatic carbocycles. The first-order valence-corrected chi connectivity index (χ1v) is 8.08. The number of benzene rings is 1. The Labute approximate surface area is 137 Å². The van der Waals surface area contributed by atoms with Crippen LogP contribution in [-0.2, 0) is 19.2 Å². The number of imidazole rings is 1. The summed E-state index contributed by atoms with van der Waals surface area (Å²) in [4.78, 5) is 6.55. The van der Waals surface area contributed by atoms with Gasteiger partial charge in [-0.15, -0.1) is 0 Å². The summed E-state index contributed by atoms with van der Waals surface area (Å²) in [7, 11) is 3.66. The average molecular weight is 315 g/mol. The van der Waals surface area contributed by atoms with Gasteiger partial charge in [0.25, 0.3) is 0 Å². The van der Waals surface area contributed by atoms with E-state index in [0.29, 0.717) is 0 Å². The highest BCUT2D eigenvalue weighted by Crippen LogP contribution is 2.36. The minimum Gasteiger partial charge on any atom is -0.497 e. The van der Waals surface area contributed by atoms with Gasteiger partial charge in [-0.3, -0.25) is 4.90 Å². The number of hydrogen-bond acceptors (Lipinski definition) is 4. The molecule has 1 aromatic carbocycles. The number of likely N-dealkylation sites (tertiary alicyclic amines) is 1. The molecule has 0 spiro atoms. The molecule has 5 heteroatoms. The molecule has 3 rings (SSSR count). The molecule has 5 nitrogen and oxygen atoms in total. The summed E-state index contributed by atoms with van der Waals surface area (Å²) in [6, 6.07) is 7.83. The zero-order chi connectivity index (χ0) is 16.4. The topological polar surface area (TPSA) is 50.5 Å². The van der Waals surface area contributed by atoms with Crippen LogP contribution >= 0.6 is 0 Å². The molecule has 1 aliphatic rings. The van der Waals surface area contributed by atoms with E-state index in [4.69, 9.17) is 4.74 Å². The van der Waals surface area contributed by atoms with E-state index in [-0.39, 0.29) is 6.04 Å². The Hall–Kier alpha value is -1.85. The molecule has 1 saturated heterocycles. The Bertz CT molecular complexity index is 649. The molecule has 2 aromatic rings. The average Bonchev–Trinajstić information content (AvgIpc) is 3.18. The summed E-state index contributed by atoms with van der Waals surface area (Å²) in [5, 5.41) is 11.2. The summed E-state index contributed by atoms with van der Waals surface area (Å²) in [6.07, 6.45) is 5.82. The molecule has 1 aliphatic heterocycles. The molecule has 0 saturated carbocycles. The van der Waals surface area contributed by atoms with Gasteiger partial charge in [-0.2, -0.15) is 0 Å². The fourth-order valence-electron chi connectivity index (χ4n) is 3.52. The number of rotatable bonds is 5. The number of ether oxygens (including phenoxy) is 1. The van der Waals surface area contributed by atoms with Crippen LogP contribution in [0, 0.1) is 0 Å². The van der Waals surface area contributed by atoms with E-state index < -0.39 is 5.60 Å². The third-order valence-corrected chi connectivity index (χ3v) is 4.97. The maximum atomic E-state index is 11.2. The van der Waals surface area contributed by atoms with Crippen LogP contribution in [0.4, 0.5) is 0 Å². The van der Waals surface area contributed by atoms with Gasteiger partial charge in [0.2, 0.25) is 0 Å². The normalized spacial score (nSPS) is 21.3. The van der Waals surface area contributed by atoms with Crippen LogP contribution < -0.4 is 4.74 Å². The molecule has 0 bridgehead atoms. The Morgan fingerprint density at radius 1 is 1.35 bits per heavy atom. The van der Waals surface area contributed by atoms with Crippen LogP contribution in [0.1, 0.15) is 31.0 Å². The highest BCUT2D eigenvalue weighted by atomic mass is 16.5. The van der Waals surface area contributed by atoms with Gasteiger partial charge in [-0.1, -0.05) is 12.1 Å². The quantitative estimate of drug-likeness (QED) is 0.920. The van der Waals surface area contributed by atoms with Gasteiger partial charge in [0, 0.05) is 25.8 Å². The fraction of sp³-hybridized carbons (Fsp3) is 0.500. The highest BCUT2D eigenvalue weighted by molar-refractivity contribution is 5.31. The van der Waals surface area contributed by atoms with Crippen LogP contribution in [0.15, 0.2) is 36.8 Å². The molecule has 0 radical (unpaired) electrons. The predicted molar refractivity (Wildman–Crippen MR) is 89.2 cm³/mol. The second-order valence-corrected chi connectivity index (χ2v) is 6.50. The standard InChI is InChI=1S/C18H25N3O2/c1-18(22,14-6-8-16(23-3)9-7-14)17-5-4-10-21(17)12-15-11-19-13-20(15)2/h6-9,11,13,17,22H,4-5,10,12H2,1-3H3/t17-,18-/m1/s1.